The van der Waals surface area contributed by atoms with Crippen LogP contribution in [-0.2, 0) is 19.4 Å². The lowest BCUT2D eigenvalue weighted by molar-refractivity contribution is 0.388. The summed E-state index contributed by atoms with van der Waals surface area (Å²) in [5, 5.41) is 6.71. The molecule has 37 heavy (non-hydrogen) atoms. The molecule has 3 heterocycles. The van der Waals surface area contributed by atoms with Crippen molar-refractivity contribution in [1.82, 2.24) is 24.7 Å². The van der Waals surface area contributed by atoms with E-state index < -0.39 is 5.76 Å². The fraction of sp³-hybridized carbons (Fsp3) is 0.250. The van der Waals surface area contributed by atoms with E-state index in [9.17, 15) is 9.59 Å². The lowest BCUT2D eigenvalue weighted by atomic mass is 9.94. The van der Waals surface area contributed by atoms with E-state index in [1.54, 1.807) is 10.8 Å². The highest BCUT2D eigenvalue weighted by molar-refractivity contribution is 7.09. The molecule has 0 atom stereocenters. The van der Waals surface area contributed by atoms with E-state index in [0.29, 0.717) is 30.2 Å². The molecule has 2 aromatic carbocycles. The molecular weight excluding hydrogens is 486 g/mol. The zero-order valence-electron chi connectivity index (χ0n) is 20.7. The van der Waals surface area contributed by atoms with Crippen molar-refractivity contribution in [2.24, 2.45) is 0 Å². The first-order valence-corrected chi connectivity index (χ1v) is 13.1. The second kappa shape index (κ2) is 10.9. The predicted octanol–water partition coefficient (Wildman–Crippen LogP) is 5.00. The van der Waals surface area contributed by atoms with Crippen LogP contribution in [0.2, 0.25) is 0 Å². The van der Waals surface area contributed by atoms with Gasteiger partial charge in [0.05, 0.1) is 12.2 Å². The first-order valence-electron chi connectivity index (χ1n) is 12.3. The Morgan fingerprint density at radius 1 is 1.08 bits per heavy atom. The van der Waals surface area contributed by atoms with Crippen LogP contribution in [-0.4, -0.2) is 24.7 Å². The molecule has 0 bridgehead atoms. The average Bonchev–Trinajstić information content (AvgIpc) is 3.59. The highest BCUT2D eigenvalue weighted by atomic mass is 32.1. The first-order chi connectivity index (χ1) is 18.0. The molecule has 0 aliphatic carbocycles. The van der Waals surface area contributed by atoms with Gasteiger partial charge in [0.25, 0.3) is 5.56 Å². The largest absolute Gasteiger partial charge is 0.439 e. The monoisotopic (exact) mass is 513 g/mol. The lowest BCUT2D eigenvalue weighted by Gasteiger charge is -2.16. The van der Waals surface area contributed by atoms with Crippen LogP contribution >= 0.6 is 11.3 Å². The number of H-pyrrole nitrogens is 1. The number of benzene rings is 2. The number of nitrogens with zero attached hydrogens (tertiary/aromatic N) is 4. The molecule has 9 heteroatoms. The number of hydrogen-bond donors (Lipinski definition) is 1. The number of aromatic nitrogens is 5. The van der Waals surface area contributed by atoms with Gasteiger partial charge in [0.2, 0.25) is 0 Å². The van der Waals surface area contributed by atoms with Gasteiger partial charge >= 0.3 is 5.76 Å². The molecule has 0 aliphatic rings. The topological polar surface area (TPSA) is 107 Å². The summed E-state index contributed by atoms with van der Waals surface area (Å²) in [6.45, 7) is 4.40. The second-order valence-electron chi connectivity index (χ2n) is 8.87. The van der Waals surface area contributed by atoms with Gasteiger partial charge in [-0.25, -0.2) is 14.8 Å². The number of rotatable bonds is 9. The number of nitrogens with one attached hydrogen (secondary N) is 1. The van der Waals surface area contributed by atoms with Crippen molar-refractivity contribution in [3.63, 3.8) is 0 Å². The van der Waals surface area contributed by atoms with Crippen LogP contribution in [0.3, 0.4) is 0 Å². The predicted molar refractivity (Wildman–Crippen MR) is 144 cm³/mol. The van der Waals surface area contributed by atoms with Gasteiger partial charge in [-0.1, -0.05) is 61.0 Å². The summed E-state index contributed by atoms with van der Waals surface area (Å²) in [5.74, 6) is 0.421. The van der Waals surface area contributed by atoms with Crippen LogP contribution in [0.4, 0.5) is 0 Å². The van der Waals surface area contributed by atoms with Crippen molar-refractivity contribution in [2.45, 2.75) is 46.1 Å². The van der Waals surface area contributed by atoms with Gasteiger partial charge in [0, 0.05) is 29.1 Å². The van der Waals surface area contributed by atoms with E-state index >= 15 is 0 Å². The number of aryl methyl sites for hydroxylation is 2. The molecular formula is C28H27N5O3S. The van der Waals surface area contributed by atoms with E-state index in [2.05, 4.69) is 22.0 Å². The van der Waals surface area contributed by atoms with Crippen LogP contribution in [0.25, 0.3) is 22.5 Å². The maximum Gasteiger partial charge on any atom is 0.439 e. The Kier molecular flexibility index (Phi) is 7.23. The standard InChI is InChI=1S/C28H27N5O3S/c1-3-4-10-24-23(27(34)33(18(2)30-24)17-25-29-13-14-37-25)16-19-11-12-21(20-8-6-5-7-9-20)22(15-19)26-31-28(35)36-32-26/h5-9,11-15H,3-4,10,16-17H2,1-2H3,(H,31,32,35). The van der Waals surface area contributed by atoms with Crippen molar-refractivity contribution in [2.75, 3.05) is 0 Å². The third kappa shape index (κ3) is 5.36. The van der Waals surface area contributed by atoms with E-state index in [1.807, 2.05) is 60.8 Å². The summed E-state index contributed by atoms with van der Waals surface area (Å²) < 4.78 is 6.51. The normalized spacial score (nSPS) is 11.2. The Balaban J connectivity index is 1.60. The molecule has 1 N–H and O–H groups in total. The third-order valence-corrected chi connectivity index (χ3v) is 7.09. The molecule has 5 rings (SSSR count). The van der Waals surface area contributed by atoms with Crippen molar-refractivity contribution < 1.29 is 4.52 Å². The van der Waals surface area contributed by atoms with Gasteiger partial charge in [0.15, 0.2) is 5.82 Å². The molecule has 188 valence electrons. The van der Waals surface area contributed by atoms with Gasteiger partial charge in [-0.2, -0.15) is 0 Å². The molecule has 0 amide bonds. The quantitative estimate of drug-likeness (QED) is 0.297. The maximum atomic E-state index is 13.8. The fourth-order valence-electron chi connectivity index (χ4n) is 4.45. The van der Waals surface area contributed by atoms with Crippen LogP contribution < -0.4 is 11.3 Å². The van der Waals surface area contributed by atoms with Crippen molar-refractivity contribution in [1.29, 1.82) is 0 Å². The van der Waals surface area contributed by atoms with Crippen LogP contribution in [0.5, 0.6) is 0 Å². The van der Waals surface area contributed by atoms with E-state index in [4.69, 9.17) is 9.51 Å². The Bertz CT molecular complexity index is 1620. The summed E-state index contributed by atoms with van der Waals surface area (Å²) in [6, 6.07) is 15.8. The minimum Gasteiger partial charge on any atom is -0.296 e. The Hall–Kier alpha value is -4.11. The van der Waals surface area contributed by atoms with Gasteiger partial charge in [-0.15, -0.1) is 11.3 Å². The van der Waals surface area contributed by atoms with Crippen LogP contribution in [0.1, 0.15) is 47.4 Å². The number of hydrogen-bond acceptors (Lipinski definition) is 7. The molecule has 8 nitrogen and oxygen atoms in total. The lowest BCUT2D eigenvalue weighted by Crippen LogP contribution is -2.30. The molecule has 0 unspecified atom stereocenters. The zero-order valence-corrected chi connectivity index (χ0v) is 21.5. The molecule has 0 saturated carbocycles. The summed E-state index contributed by atoms with van der Waals surface area (Å²) in [6.07, 6.45) is 4.86. The summed E-state index contributed by atoms with van der Waals surface area (Å²) >= 11 is 1.52. The maximum absolute atomic E-state index is 13.8. The number of aromatic amines is 1. The van der Waals surface area contributed by atoms with Crippen molar-refractivity contribution >= 4 is 11.3 Å². The molecule has 0 fully saturated rings. The smallest absolute Gasteiger partial charge is 0.296 e. The fourth-order valence-corrected chi connectivity index (χ4v) is 5.06. The first kappa shape index (κ1) is 24.6. The molecule has 0 radical (unpaired) electrons. The van der Waals surface area contributed by atoms with Gasteiger partial charge in [0.1, 0.15) is 10.8 Å². The zero-order chi connectivity index (χ0) is 25.8. The number of thiazole rings is 1. The third-order valence-electron chi connectivity index (χ3n) is 6.33. The highest BCUT2D eigenvalue weighted by Gasteiger charge is 2.18. The van der Waals surface area contributed by atoms with Crippen LogP contribution in [0, 0.1) is 6.92 Å². The van der Waals surface area contributed by atoms with Gasteiger partial charge in [-0.05, 0) is 42.5 Å². The Morgan fingerprint density at radius 3 is 2.62 bits per heavy atom. The van der Waals surface area contributed by atoms with Crippen molar-refractivity contribution in [3.8, 4) is 22.5 Å². The van der Waals surface area contributed by atoms with Crippen LogP contribution in [0.15, 0.2) is 74.2 Å². The molecule has 3 aromatic heterocycles. The Labute approximate surface area is 217 Å². The SMILES string of the molecule is CCCCc1nc(C)n(Cc2nccs2)c(=O)c1Cc1ccc(-c2ccccc2)c(-c2noc(=O)[nH]2)c1. The minimum absolute atomic E-state index is 0.0441. The molecule has 0 saturated heterocycles. The second-order valence-corrected chi connectivity index (χ2v) is 9.85. The van der Waals surface area contributed by atoms with Gasteiger partial charge in [-0.3, -0.25) is 18.9 Å². The molecule has 0 spiro atoms. The molecule has 5 aromatic rings. The molecule has 0 aliphatic heterocycles. The summed E-state index contributed by atoms with van der Waals surface area (Å²) in [5.41, 5.74) is 5.01. The van der Waals surface area contributed by atoms with Crippen molar-refractivity contribution in [3.05, 3.63) is 109 Å². The van der Waals surface area contributed by atoms with E-state index in [0.717, 1.165) is 52.2 Å². The van der Waals surface area contributed by atoms with Gasteiger partial charge < -0.3 is 0 Å². The van der Waals surface area contributed by atoms with E-state index in [1.165, 1.54) is 11.3 Å². The average molecular weight is 514 g/mol. The minimum atomic E-state index is -0.617. The summed E-state index contributed by atoms with van der Waals surface area (Å²) in [4.78, 5) is 37.4. The van der Waals surface area contributed by atoms with E-state index in [-0.39, 0.29) is 5.56 Å². The Morgan fingerprint density at radius 2 is 1.92 bits per heavy atom. The number of unbranched alkanes of at least 4 members (excludes halogenated alkanes) is 1. The highest BCUT2D eigenvalue weighted by Crippen LogP contribution is 2.31. The summed E-state index contributed by atoms with van der Waals surface area (Å²) in [7, 11) is 0.